The molecule has 104 valence electrons. The van der Waals surface area contributed by atoms with Crippen molar-refractivity contribution in [2.75, 3.05) is 12.8 Å². The first kappa shape index (κ1) is 16.3. The molecule has 0 radical (unpaired) electrons. The lowest BCUT2D eigenvalue weighted by atomic mass is 9.97. The average molecular weight is 286 g/mol. The zero-order valence-corrected chi connectivity index (χ0v) is 14.2. The van der Waals surface area contributed by atoms with E-state index in [1.807, 2.05) is 0 Å². The van der Waals surface area contributed by atoms with Gasteiger partial charge in [-0.3, -0.25) is 0 Å². The van der Waals surface area contributed by atoms with E-state index >= 15 is 0 Å². The highest BCUT2D eigenvalue weighted by Crippen LogP contribution is 2.37. The number of thioether (sulfide) groups is 2. The van der Waals surface area contributed by atoms with Gasteiger partial charge in [-0.05, 0) is 27.8 Å². The van der Waals surface area contributed by atoms with Gasteiger partial charge in [-0.15, -0.1) is 5.92 Å². The maximum atomic E-state index is 3.46. The van der Waals surface area contributed by atoms with Crippen LogP contribution in [0.2, 0.25) is 0 Å². The summed E-state index contributed by atoms with van der Waals surface area (Å²) in [6.45, 7) is 11.2. The average Bonchev–Trinajstić information content (AvgIpc) is 2.27. The summed E-state index contributed by atoms with van der Waals surface area (Å²) >= 11 is 4.24. The Morgan fingerprint density at radius 1 is 1.28 bits per heavy atom. The molecule has 0 saturated carbocycles. The van der Waals surface area contributed by atoms with Crippen molar-refractivity contribution in [3.8, 4) is 11.8 Å². The van der Waals surface area contributed by atoms with Gasteiger partial charge in [-0.2, -0.15) is 23.5 Å². The van der Waals surface area contributed by atoms with Crippen LogP contribution in [0.5, 0.6) is 0 Å². The maximum absolute atomic E-state index is 3.46. The molecule has 0 bridgehead atoms. The number of hydrogen-bond acceptors (Lipinski definition) is 3. The Morgan fingerprint density at radius 2 is 1.94 bits per heavy atom. The lowest BCUT2D eigenvalue weighted by molar-refractivity contribution is 0.556. The quantitative estimate of drug-likeness (QED) is 0.795. The van der Waals surface area contributed by atoms with Crippen molar-refractivity contribution in [1.82, 2.24) is 5.32 Å². The van der Waals surface area contributed by atoms with Crippen molar-refractivity contribution in [2.45, 2.75) is 62.8 Å². The third-order valence-corrected chi connectivity index (χ3v) is 6.73. The SMILES string of the molecule is CNC(CC#CC(C)(C)C)C1CSC(C)C(C)S1. The largest absolute Gasteiger partial charge is 0.315 e. The summed E-state index contributed by atoms with van der Waals surface area (Å²) in [5.41, 5.74) is 0.120. The Morgan fingerprint density at radius 3 is 2.44 bits per heavy atom. The Balaban J connectivity index is 2.53. The van der Waals surface area contributed by atoms with Gasteiger partial charge in [-0.1, -0.05) is 19.8 Å². The van der Waals surface area contributed by atoms with Gasteiger partial charge in [0.25, 0.3) is 0 Å². The summed E-state index contributed by atoms with van der Waals surface area (Å²) in [6.07, 6.45) is 0.965. The van der Waals surface area contributed by atoms with E-state index in [0.717, 1.165) is 16.9 Å². The Hall–Kier alpha value is 0.220. The minimum Gasteiger partial charge on any atom is -0.315 e. The second-order valence-electron chi connectivity index (χ2n) is 6.07. The van der Waals surface area contributed by atoms with E-state index < -0.39 is 0 Å². The van der Waals surface area contributed by atoms with Crippen LogP contribution < -0.4 is 5.32 Å². The van der Waals surface area contributed by atoms with Gasteiger partial charge in [0.05, 0.1) is 0 Å². The molecule has 1 aliphatic rings. The minimum atomic E-state index is 0.120. The molecular weight excluding hydrogens is 258 g/mol. The highest BCUT2D eigenvalue weighted by molar-refractivity contribution is 8.07. The van der Waals surface area contributed by atoms with Crippen LogP contribution in [-0.2, 0) is 0 Å². The molecule has 0 aromatic heterocycles. The molecule has 0 aliphatic carbocycles. The first-order chi connectivity index (χ1) is 8.33. The van der Waals surface area contributed by atoms with E-state index in [4.69, 9.17) is 0 Å². The van der Waals surface area contributed by atoms with Gasteiger partial charge < -0.3 is 5.32 Å². The lowest BCUT2D eigenvalue weighted by Crippen LogP contribution is -2.41. The Kier molecular flexibility index (Phi) is 6.44. The summed E-state index contributed by atoms with van der Waals surface area (Å²) in [7, 11) is 2.07. The zero-order valence-electron chi connectivity index (χ0n) is 12.5. The minimum absolute atomic E-state index is 0.120. The number of nitrogens with one attached hydrogen (secondary N) is 1. The van der Waals surface area contributed by atoms with Crippen LogP contribution in [0.15, 0.2) is 0 Å². The van der Waals surface area contributed by atoms with Crippen LogP contribution in [-0.4, -0.2) is 34.6 Å². The number of hydrogen-bond donors (Lipinski definition) is 1. The van der Waals surface area contributed by atoms with Gasteiger partial charge >= 0.3 is 0 Å². The van der Waals surface area contributed by atoms with E-state index in [1.54, 1.807) is 0 Å². The third kappa shape index (κ3) is 5.47. The summed E-state index contributed by atoms with van der Waals surface area (Å²) in [6, 6.07) is 0.521. The standard InChI is InChI=1S/C15H27NS2/c1-11-12(2)18-14(10-17-11)13(16-6)8-7-9-15(3,4)5/h11-14,16H,8,10H2,1-6H3. The normalized spacial score (nSPS) is 30.4. The summed E-state index contributed by atoms with van der Waals surface area (Å²) in [5, 5.41) is 5.68. The second-order valence-corrected chi connectivity index (χ2v) is 9.10. The fourth-order valence-corrected chi connectivity index (χ4v) is 5.03. The lowest BCUT2D eigenvalue weighted by Gasteiger charge is -2.35. The smallest absolute Gasteiger partial charge is 0.0304 e. The Labute approximate surface area is 122 Å². The molecule has 3 heteroatoms. The second kappa shape index (κ2) is 7.12. The molecule has 1 rings (SSSR count). The molecule has 4 atom stereocenters. The zero-order chi connectivity index (χ0) is 13.8. The fourth-order valence-electron chi connectivity index (χ4n) is 1.86. The topological polar surface area (TPSA) is 12.0 Å². The molecule has 1 nitrogen and oxygen atoms in total. The van der Waals surface area contributed by atoms with E-state index in [0.29, 0.717) is 11.3 Å². The van der Waals surface area contributed by atoms with E-state index in [2.05, 4.69) is 82.3 Å². The van der Waals surface area contributed by atoms with Crippen LogP contribution >= 0.6 is 23.5 Å². The van der Waals surface area contributed by atoms with Crippen LogP contribution in [0.4, 0.5) is 0 Å². The first-order valence-corrected chi connectivity index (χ1v) is 8.77. The monoisotopic (exact) mass is 285 g/mol. The van der Waals surface area contributed by atoms with Crippen molar-refractivity contribution in [2.24, 2.45) is 5.41 Å². The van der Waals surface area contributed by atoms with Gasteiger partial charge in [-0.25, -0.2) is 0 Å². The van der Waals surface area contributed by atoms with Gasteiger partial charge in [0.2, 0.25) is 0 Å². The summed E-state index contributed by atoms with van der Waals surface area (Å²) in [5.74, 6) is 7.95. The highest BCUT2D eigenvalue weighted by atomic mass is 32.2. The molecule has 0 aromatic rings. The fraction of sp³-hybridized carbons (Fsp3) is 0.867. The molecule has 0 amide bonds. The molecule has 1 saturated heterocycles. The van der Waals surface area contributed by atoms with E-state index in [9.17, 15) is 0 Å². The number of rotatable bonds is 3. The summed E-state index contributed by atoms with van der Waals surface area (Å²) in [4.78, 5) is 0. The molecule has 0 aromatic carbocycles. The van der Waals surface area contributed by atoms with Crippen LogP contribution in [0.3, 0.4) is 0 Å². The first-order valence-electron chi connectivity index (χ1n) is 6.78. The molecule has 1 aliphatic heterocycles. The molecule has 0 spiro atoms. The van der Waals surface area contributed by atoms with Crippen LogP contribution in [0, 0.1) is 17.3 Å². The molecular formula is C15H27NS2. The van der Waals surface area contributed by atoms with Gasteiger partial charge in [0.1, 0.15) is 0 Å². The molecule has 1 fully saturated rings. The molecule has 18 heavy (non-hydrogen) atoms. The van der Waals surface area contributed by atoms with Gasteiger partial charge in [0.15, 0.2) is 0 Å². The van der Waals surface area contributed by atoms with Crippen molar-refractivity contribution in [3.05, 3.63) is 0 Å². The van der Waals surface area contributed by atoms with Gasteiger partial charge in [0, 0.05) is 39.4 Å². The highest BCUT2D eigenvalue weighted by Gasteiger charge is 2.30. The maximum Gasteiger partial charge on any atom is 0.0304 e. The van der Waals surface area contributed by atoms with Crippen molar-refractivity contribution >= 4 is 23.5 Å². The van der Waals surface area contributed by atoms with E-state index in [1.165, 1.54) is 5.75 Å². The third-order valence-electron chi connectivity index (χ3n) is 3.18. The predicted octanol–water partition coefficient (Wildman–Crippen LogP) is 3.64. The van der Waals surface area contributed by atoms with E-state index in [-0.39, 0.29) is 5.41 Å². The van der Waals surface area contributed by atoms with Crippen molar-refractivity contribution in [1.29, 1.82) is 0 Å². The molecule has 4 unspecified atom stereocenters. The van der Waals surface area contributed by atoms with Crippen molar-refractivity contribution in [3.63, 3.8) is 0 Å². The molecule has 1 N–H and O–H groups in total. The Bertz CT molecular complexity index is 311. The summed E-state index contributed by atoms with van der Waals surface area (Å²) < 4.78 is 0. The predicted molar refractivity (Wildman–Crippen MR) is 87.5 cm³/mol. The van der Waals surface area contributed by atoms with Crippen molar-refractivity contribution < 1.29 is 0 Å². The van der Waals surface area contributed by atoms with Crippen LogP contribution in [0.25, 0.3) is 0 Å². The molecule has 1 heterocycles. The van der Waals surface area contributed by atoms with Crippen LogP contribution in [0.1, 0.15) is 41.0 Å².